The molecule has 0 saturated heterocycles. The van der Waals surface area contributed by atoms with E-state index < -0.39 is 0 Å². The second-order valence-corrected chi connectivity index (χ2v) is 6.05. The lowest BCUT2D eigenvalue weighted by Gasteiger charge is -2.13. The number of nitrogens with two attached hydrogens (primary N) is 1. The van der Waals surface area contributed by atoms with Crippen molar-refractivity contribution in [1.29, 1.82) is 0 Å². The lowest BCUT2D eigenvalue weighted by atomic mass is 10.00. The van der Waals surface area contributed by atoms with Gasteiger partial charge in [0.15, 0.2) is 0 Å². The average Bonchev–Trinajstić information content (AvgIpc) is 2.44. The fourth-order valence-corrected chi connectivity index (χ4v) is 2.96. The summed E-state index contributed by atoms with van der Waals surface area (Å²) in [5, 5.41) is 0.703. The number of aryl methyl sites for hydroxylation is 1. The minimum absolute atomic E-state index is 0.0212. The van der Waals surface area contributed by atoms with Crippen molar-refractivity contribution in [2.75, 3.05) is 7.11 Å². The van der Waals surface area contributed by atoms with E-state index in [1.807, 2.05) is 30.3 Å². The third-order valence-corrected chi connectivity index (χ3v) is 3.89. The van der Waals surface area contributed by atoms with Gasteiger partial charge in [0.1, 0.15) is 5.75 Å². The molecule has 1 unspecified atom stereocenters. The van der Waals surface area contributed by atoms with Crippen LogP contribution in [-0.4, -0.2) is 7.11 Å². The highest BCUT2D eigenvalue weighted by Crippen LogP contribution is 2.25. The molecule has 0 aliphatic rings. The van der Waals surface area contributed by atoms with Gasteiger partial charge in [-0.05, 0) is 54.3 Å². The van der Waals surface area contributed by atoms with E-state index >= 15 is 0 Å². The lowest BCUT2D eigenvalue weighted by Crippen LogP contribution is -2.11. The van der Waals surface area contributed by atoms with Crippen LogP contribution in [-0.2, 0) is 6.42 Å². The third-order valence-electron chi connectivity index (χ3n) is 3.22. The van der Waals surface area contributed by atoms with Gasteiger partial charge < -0.3 is 10.5 Å². The number of methoxy groups -OCH3 is 1. The molecule has 0 saturated carbocycles. The van der Waals surface area contributed by atoms with Crippen LogP contribution < -0.4 is 10.5 Å². The van der Waals surface area contributed by atoms with Crippen LogP contribution in [0.25, 0.3) is 0 Å². The molecule has 0 spiro atoms. The van der Waals surface area contributed by atoms with Crippen LogP contribution >= 0.6 is 27.5 Å². The summed E-state index contributed by atoms with van der Waals surface area (Å²) in [6.45, 7) is 0. The zero-order chi connectivity index (χ0) is 14.5. The molecule has 2 aromatic carbocycles. The Bertz CT molecular complexity index is 551. The molecule has 0 heterocycles. The summed E-state index contributed by atoms with van der Waals surface area (Å²) in [6, 6.07) is 13.9. The predicted molar refractivity (Wildman–Crippen MR) is 87.4 cm³/mol. The fraction of sp³-hybridized carbons (Fsp3) is 0.250. The van der Waals surface area contributed by atoms with Crippen LogP contribution in [0.4, 0.5) is 0 Å². The summed E-state index contributed by atoms with van der Waals surface area (Å²) in [4.78, 5) is 0. The van der Waals surface area contributed by atoms with Crippen molar-refractivity contribution < 1.29 is 4.74 Å². The van der Waals surface area contributed by atoms with Crippen LogP contribution in [0.3, 0.4) is 0 Å². The fourth-order valence-electron chi connectivity index (χ4n) is 2.07. The van der Waals surface area contributed by atoms with Gasteiger partial charge in [-0.25, -0.2) is 0 Å². The molecule has 106 valence electrons. The Labute approximate surface area is 133 Å². The van der Waals surface area contributed by atoms with Crippen molar-refractivity contribution in [3.8, 4) is 5.75 Å². The van der Waals surface area contributed by atoms with E-state index in [0.717, 1.165) is 28.6 Å². The smallest absolute Gasteiger partial charge is 0.118 e. The molecular formula is C16H17BrClNO. The predicted octanol–water partition coefficient (Wildman–Crippen LogP) is 4.74. The maximum Gasteiger partial charge on any atom is 0.118 e. The molecule has 0 fully saturated rings. The first-order chi connectivity index (χ1) is 9.58. The molecule has 0 aliphatic heterocycles. The van der Waals surface area contributed by atoms with E-state index in [4.69, 9.17) is 22.1 Å². The summed E-state index contributed by atoms with van der Waals surface area (Å²) < 4.78 is 6.10. The normalized spacial score (nSPS) is 12.2. The lowest BCUT2D eigenvalue weighted by molar-refractivity contribution is 0.414. The maximum atomic E-state index is 6.23. The molecule has 0 aromatic heterocycles. The first-order valence-electron chi connectivity index (χ1n) is 6.43. The summed E-state index contributed by atoms with van der Waals surface area (Å²) in [6.07, 6.45) is 1.80. The van der Waals surface area contributed by atoms with Gasteiger partial charge in [-0.1, -0.05) is 39.7 Å². The SMILES string of the molecule is COc1ccc(CCC(N)c2cc(Cl)cc(Br)c2)cc1. The topological polar surface area (TPSA) is 35.2 Å². The minimum atomic E-state index is -0.0212. The standard InChI is InChI=1S/C16H17BrClNO/c1-20-15-5-2-11(3-6-15)4-7-16(19)12-8-13(17)10-14(18)9-12/h2-3,5-6,8-10,16H,4,7,19H2,1H3. The van der Waals surface area contributed by atoms with E-state index in [2.05, 4.69) is 28.1 Å². The Morgan fingerprint density at radius 2 is 1.90 bits per heavy atom. The van der Waals surface area contributed by atoms with Crippen molar-refractivity contribution in [2.24, 2.45) is 5.73 Å². The highest BCUT2D eigenvalue weighted by molar-refractivity contribution is 9.10. The Balaban J connectivity index is 1.98. The molecule has 0 aliphatic carbocycles. The van der Waals surface area contributed by atoms with E-state index in [0.29, 0.717) is 5.02 Å². The van der Waals surface area contributed by atoms with Gasteiger partial charge in [-0.3, -0.25) is 0 Å². The molecule has 2 nitrogen and oxygen atoms in total. The molecule has 2 aromatic rings. The Morgan fingerprint density at radius 3 is 2.50 bits per heavy atom. The van der Waals surface area contributed by atoms with Crippen molar-refractivity contribution in [2.45, 2.75) is 18.9 Å². The summed E-state index contributed by atoms with van der Waals surface area (Å²) in [5.74, 6) is 0.872. The van der Waals surface area contributed by atoms with Gasteiger partial charge in [0.25, 0.3) is 0 Å². The maximum absolute atomic E-state index is 6.23. The first-order valence-corrected chi connectivity index (χ1v) is 7.60. The second kappa shape index (κ2) is 7.11. The van der Waals surface area contributed by atoms with Crippen molar-refractivity contribution in [1.82, 2.24) is 0 Å². The number of rotatable bonds is 5. The first kappa shape index (κ1) is 15.4. The average molecular weight is 355 g/mol. The molecule has 1 atom stereocenters. The third kappa shape index (κ3) is 4.23. The molecule has 0 bridgehead atoms. The number of hydrogen-bond donors (Lipinski definition) is 1. The van der Waals surface area contributed by atoms with Crippen molar-refractivity contribution in [3.05, 3.63) is 63.1 Å². The number of halogens is 2. The highest BCUT2D eigenvalue weighted by atomic mass is 79.9. The summed E-state index contributed by atoms with van der Waals surface area (Å²) in [5.41, 5.74) is 8.54. The van der Waals surface area contributed by atoms with Crippen LogP contribution in [0.2, 0.25) is 5.02 Å². The zero-order valence-corrected chi connectivity index (χ0v) is 13.6. The molecule has 4 heteroatoms. The van der Waals surface area contributed by atoms with E-state index in [9.17, 15) is 0 Å². The van der Waals surface area contributed by atoms with Gasteiger partial charge in [-0.15, -0.1) is 0 Å². The molecule has 0 radical (unpaired) electrons. The van der Waals surface area contributed by atoms with Crippen LogP contribution in [0, 0.1) is 0 Å². The Kier molecular flexibility index (Phi) is 5.46. The van der Waals surface area contributed by atoms with Crippen LogP contribution in [0.15, 0.2) is 46.9 Å². The summed E-state index contributed by atoms with van der Waals surface area (Å²) in [7, 11) is 1.67. The Morgan fingerprint density at radius 1 is 1.20 bits per heavy atom. The monoisotopic (exact) mass is 353 g/mol. The number of ether oxygens (including phenoxy) is 1. The van der Waals surface area contributed by atoms with E-state index in [1.165, 1.54) is 5.56 Å². The zero-order valence-electron chi connectivity index (χ0n) is 11.3. The molecule has 0 amide bonds. The second-order valence-electron chi connectivity index (χ2n) is 4.70. The van der Waals surface area contributed by atoms with Gasteiger partial charge in [-0.2, -0.15) is 0 Å². The largest absolute Gasteiger partial charge is 0.497 e. The molecule has 2 N–H and O–H groups in total. The molecule has 20 heavy (non-hydrogen) atoms. The number of benzene rings is 2. The van der Waals surface area contributed by atoms with Gasteiger partial charge in [0.2, 0.25) is 0 Å². The van der Waals surface area contributed by atoms with Crippen LogP contribution in [0.5, 0.6) is 5.75 Å². The van der Waals surface area contributed by atoms with Gasteiger partial charge >= 0.3 is 0 Å². The highest BCUT2D eigenvalue weighted by Gasteiger charge is 2.08. The quantitative estimate of drug-likeness (QED) is 0.841. The van der Waals surface area contributed by atoms with E-state index in [-0.39, 0.29) is 6.04 Å². The Hall–Kier alpha value is -1.03. The van der Waals surface area contributed by atoms with Crippen molar-refractivity contribution in [3.63, 3.8) is 0 Å². The van der Waals surface area contributed by atoms with E-state index in [1.54, 1.807) is 7.11 Å². The molecule has 2 rings (SSSR count). The summed E-state index contributed by atoms with van der Waals surface area (Å²) >= 11 is 9.48. The minimum Gasteiger partial charge on any atom is -0.497 e. The molecular weight excluding hydrogens is 338 g/mol. The van der Waals surface area contributed by atoms with Crippen LogP contribution in [0.1, 0.15) is 23.6 Å². The van der Waals surface area contributed by atoms with Crippen molar-refractivity contribution >= 4 is 27.5 Å². The number of hydrogen-bond acceptors (Lipinski definition) is 2. The van der Waals surface area contributed by atoms with Gasteiger partial charge in [0, 0.05) is 15.5 Å². The van der Waals surface area contributed by atoms with Gasteiger partial charge in [0.05, 0.1) is 7.11 Å².